The Labute approximate surface area is 127 Å². The van der Waals surface area contributed by atoms with E-state index in [9.17, 15) is 4.39 Å². The normalized spacial score (nSPS) is 22.8. The van der Waals surface area contributed by atoms with E-state index in [4.69, 9.17) is 5.73 Å². The van der Waals surface area contributed by atoms with Crippen LogP contribution < -0.4 is 5.73 Å². The second-order valence-corrected chi connectivity index (χ2v) is 6.75. The van der Waals surface area contributed by atoms with Gasteiger partial charge in [-0.3, -0.25) is 0 Å². The standard InChI is InChI=1S/C18H25FN2/c1-13-11-15(19)12-17(13)21(10-9-20)16-7-5-14(6-8-16)18(2,3)4/h5-7,9-10,12,16H,8,11,20H2,1-4H3/b10-9+. The fraction of sp³-hybridized carbons (Fsp3) is 0.444. The quantitative estimate of drug-likeness (QED) is 0.825. The highest BCUT2D eigenvalue weighted by atomic mass is 19.1. The molecular weight excluding hydrogens is 263 g/mol. The summed E-state index contributed by atoms with van der Waals surface area (Å²) in [6.07, 6.45) is 12.9. The molecule has 0 aromatic rings. The van der Waals surface area contributed by atoms with Gasteiger partial charge in [0.1, 0.15) is 5.83 Å². The molecule has 0 aromatic carbocycles. The molecular formula is C18H25FN2. The van der Waals surface area contributed by atoms with Gasteiger partial charge in [0.25, 0.3) is 0 Å². The van der Waals surface area contributed by atoms with Crippen molar-refractivity contribution in [1.29, 1.82) is 0 Å². The second-order valence-electron chi connectivity index (χ2n) is 6.75. The zero-order valence-corrected chi connectivity index (χ0v) is 13.4. The van der Waals surface area contributed by atoms with Crippen molar-refractivity contribution in [3.63, 3.8) is 0 Å². The van der Waals surface area contributed by atoms with Crippen LogP contribution in [0, 0.1) is 5.41 Å². The number of nitrogens with two attached hydrogens (primary N) is 1. The predicted octanol–water partition coefficient (Wildman–Crippen LogP) is 4.55. The molecule has 0 bridgehead atoms. The summed E-state index contributed by atoms with van der Waals surface area (Å²) < 4.78 is 13.5. The summed E-state index contributed by atoms with van der Waals surface area (Å²) in [5.74, 6) is -0.0800. The highest BCUT2D eigenvalue weighted by Gasteiger charge is 2.24. The summed E-state index contributed by atoms with van der Waals surface area (Å²) >= 11 is 0. The molecule has 0 saturated carbocycles. The van der Waals surface area contributed by atoms with Gasteiger partial charge in [0.15, 0.2) is 0 Å². The fourth-order valence-electron chi connectivity index (χ4n) is 2.80. The molecule has 0 aromatic heterocycles. The smallest absolute Gasteiger partial charge is 0.106 e. The van der Waals surface area contributed by atoms with E-state index in [2.05, 4.69) is 43.9 Å². The van der Waals surface area contributed by atoms with Crippen molar-refractivity contribution in [1.82, 2.24) is 4.90 Å². The molecule has 114 valence electrons. The molecule has 2 N–H and O–H groups in total. The summed E-state index contributed by atoms with van der Waals surface area (Å²) in [4.78, 5) is 2.06. The van der Waals surface area contributed by atoms with Crippen LogP contribution in [0.2, 0.25) is 0 Å². The largest absolute Gasteiger partial charge is 0.403 e. The lowest BCUT2D eigenvalue weighted by molar-refractivity contribution is 0.394. The van der Waals surface area contributed by atoms with E-state index in [-0.39, 0.29) is 17.3 Å². The van der Waals surface area contributed by atoms with Crippen molar-refractivity contribution in [2.24, 2.45) is 11.1 Å². The Bertz CT molecular complexity index is 556. The van der Waals surface area contributed by atoms with Crippen molar-refractivity contribution in [2.45, 2.75) is 46.6 Å². The highest BCUT2D eigenvalue weighted by molar-refractivity contribution is 5.38. The Morgan fingerprint density at radius 3 is 2.52 bits per heavy atom. The van der Waals surface area contributed by atoms with Crippen molar-refractivity contribution < 1.29 is 4.39 Å². The van der Waals surface area contributed by atoms with E-state index in [1.807, 2.05) is 13.1 Å². The van der Waals surface area contributed by atoms with Crippen LogP contribution in [-0.4, -0.2) is 10.9 Å². The average molecular weight is 288 g/mol. The summed E-state index contributed by atoms with van der Waals surface area (Å²) in [6.45, 7) is 8.60. The average Bonchev–Trinajstić information content (AvgIpc) is 2.74. The molecule has 1 atom stereocenters. The van der Waals surface area contributed by atoms with E-state index >= 15 is 0 Å². The first-order valence-electron chi connectivity index (χ1n) is 7.44. The van der Waals surface area contributed by atoms with Gasteiger partial charge in [-0.05, 0) is 36.0 Å². The molecule has 0 heterocycles. The van der Waals surface area contributed by atoms with E-state index in [1.54, 1.807) is 6.08 Å². The number of allylic oxidation sites excluding steroid dienone is 5. The van der Waals surface area contributed by atoms with E-state index in [1.165, 1.54) is 11.8 Å². The lowest BCUT2D eigenvalue weighted by Crippen LogP contribution is -2.30. The maximum Gasteiger partial charge on any atom is 0.106 e. The molecule has 0 aliphatic heterocycles. The third-order valence-electron chi connectivity index (χ3n) is 3.99. The molecule has 0 saturated heterocycles. The Morgan fingerprint density at radius 1 is 1.38 bits per heavy atom. The minimum atomic E-state index is -0.0800. The second kappa shape index (κ2) is 5.92. The van der Waals surface area contributed by atoms with Gasteiger partial charge in [-0.2, -0.15) is 0 Å². The first kappa shape index (κ1) is 15.6. The van der Waals surface area contributed by atoms with E-state index < -0.39 is 0 Å². The van der Waals surface area contributed by atoms with Crippen molar-refractivity contribution in [3.05, 3.63) is 59.4 Å². The fourth-order valence-corrected chi connectivity index (χ4v) is 2.80. The highest BCUT2D eigenvalue weighted by Crippen LogP contribution is 2.34. The van der Waals surface area contributed by atoms with E-state index in [0.717, 1.165) is 17.7 Å². The van der Waals surface area contributed by atoms with E-state index in [0.29, 0.717) is 6.42 Å². The predicted molar refractivity (Wildman–Crippen MR) is 86.8 cm³/mol. The summed E-state index contributed by atoms with van der Waals surface area (Å²) in [7, 11) is 0. The molecule has 0 spiro atoms. The Balaban J connectivity index is 2.22. The minimum absolute atomic E-state index is 0.0800. The first-order chi connectivity index (χ1) is 9.82. The monoisotopic (exact) mass is 288 g/mol. The summed E-state index contributed by atoms with van der Waals surface area (Å²) in [6, 6.07) is 0.183. The van der Waals surface area contributed by atoms with Gasteiger partial charge < -0.3 is 10.6 Å². The molecule has 2 aliphatic carbocycles. The topological polar surface area (TPSA) is 29.3 Å². The Morgan fingerprint density at radius 2 is 2.10 bits per heavy atom. The van der Waals surface area contributed by atoms with Gasteiger partial charge in [-0.1, -0.05) is 39.0 Å². The lowest BCUT2D eigenvalue weighted by Gasteiger charge is -2.32. The van der Waals surface area contributed by atoms with Crippen LogP contribution in [0.3, 0.4) is 0 Å². The molecule has 2 aliphatic rings. The van der Waals surface area contributed by atoms with Gasteiger partial charge in [0.2, 0.25) is 0 Å². The Hall–Kier alpha value is -1.77. The van der Waals surface area contributed by atoms with Crippen LogP contribution in [0.4, 0.5) is 4.39 Å². The SMILES string of the molecule is CC1=C(N(/C=C/N)C2C=CC(C(C)(C)C)=CC2)C=C(F)C1. The Kier molecular flexibility index (Phi) is 4.40. The molecule has 2 rings (SSSR count). The van der Waals surface area contributed by atoms with Crippen LogP contribution in [-0.2, 0) is 0 Å². The summed E-state index contributed by atoms with van der Waals surface area (Å²) in [5, 5.41) is 0. The molecule has 0 radical (unpaired) electrons. The first-order valence-corrected chi connectivity index (χ1v) is 7.44. The maximum atomic E-state index is 13.5. The number of halogens is 1. The number of hydrogen-bond acceptors (Lipinski definition) is 2. The zero-order chi connectivity index (χ0) is 15.6. The minimum Gasteiger partial charge on any atom is -0.403 e. The van der Waals surface area contributed by atoms with Crippen molar-refractivity contribution >= 4 is 0 Å². The van der Waals surface area contributed by atoms with Crippen LogP contribution in [0.25, 0.3) is 0 Å². The zero-order valence-electron chi connectivity index (χ0n) is 13.4. The van der Waals surface area contributed by atoms with Gasteiger partial charge in [-0.25, -0.2) is 4.39 Å². The number of rotatable bonds is 3. The molecule has 3 heteroatoms. The number of hydrogen-bond donors (Lipinski definition) is 1. The maximum absolute atomic E-state index is 13.5. The lowest BCUT2D eigenvalue weighted by atomic mass is 9.82. The summed E-state index contributed by atoms with van der Waals surface area (Å²) in [5.41, 5.74) is 9.05. The van der Waals surface area contributed by atoms with Crippen LogP contribution in [0.15, 0.2) is 59.4 Å². The van der Waals surface area contributed by atoms with Gasteiger partial charge in [0, 0.05) is 24.5 Å². The van der Waals surface area contributed by atoms with Crippen LogP contribution in [0.5, 0.6) is 0 Å². The van der Waals surface area contributed by atoms with Crippen molar-refractivity contribution in [3.8, 4) is 0 Å². The van der Waals surface area contributed by atoms with Crippen molar-refractivity contribution in [2.75, 3.05) is 0 Å². The molecule has 21 heavy (non-hydrogen) atoms. The molecule has 0 fully saturated rings. The molecule has 2 nitrogen and oxygen atoms in total. The molecule has 0 amide bonds. The van der Waals surface area contributed by atoms with Gasteiger partial charge in [0.05, 0.1) is 6.04 Å². The van der Waals surface area contributed by atoms with Crippen LogP contribution >= 0.6 is 0 Å². The number of nitrogens with zero attached hydrogens (tertiary/aromatic N) is 1. The van der Waals surface area contributed by atoms with Crippen LogP contribution in [0.1, 0.15) is 40.5 Å². The third kappa shape index (κ3) is 3.46. The van der Waals surface area contributed by atoms with Gasteiger partial charge in [-0.15, -0.1) is 0 Å². The third-order valence-corrected chi connectivity index (χ3v) is 3.99. The molecule has 1 unspecified atom stereocenters. The van der Waals surface area contributed by atoms with Gasteiger partial charge >= 0.3 is 0 Å².